The fraction of sp³-hybridized carbons (Fsp3) is 0.429. The molecule has 0 bridgehead atoms. The number of nitriles is 1. The Kier molecular flexibility index (Phi) is 4.50. The molecule has 1 aromatic rings. The number of likely N-dealkylation sites (tertiary alicyclic amines) is 1. The summed E-state index contributed by atoms with van der Waals surface area (Å²) in [6, 6.07) is 8.96. The van der Waals surface area contributed by atoms with Gasteiger partial charge in [0.25, 0.3) is 0 Å². The molecule has 0 saturated carbocycles. The topological polar surface area (TPSA) is 76.4 Å². The predicted octanol–water partition coefficient (Wildman–Crippen LogP) is 0.953. The maximum absolute atomic E-state index is 11.9. The molecule has 5 nitrogen and oxygen atoms in total. The van der Waals surface area contributed by atoms with Crippen molar-refractivity contribution in [3.05, 3.63) is 29.8 Å². The second kappa shape index (κ2) is 6.32. The first kappa shape index (κ1) is 13.5. The van der Waals surface area contributed by atoms with Gasteiger partial charge in [0.2, 0.25) is 5.91 Å². The van der Waals surface area contributed by atoms with Gasteiger partial charge in [-0.1, -0.05) is 6.07 Å². The van der Waals surface area contributed by atoms with Crippen molar-refractivity contribution in [2.24, 2.45) is 0 Å². The van der Waals surface area contributed by atoms with Crippen molar-refractivity contribution >= 4 is 11.6 Å². The van der Waals surface area contributed by atoms with Crippen molar-refractivity contribution in [1.29, 1.82) is 5.26 Å². The molecule has 1 atom stereocenters. The van der Waals surface area contributed by atoms with Crippen molar-refractivity contribution in [2.75, 3.05) is 25.0 Å². The lowest BCUT2D eigenvalue weighted by Gasteiger charge is -2.21. The van der Waals surface area contributed by atoms with Gasteiger partial charge in [-0.05, 0) is 37.6 Å². The van der Waals surface area contributed by atoms with Gasteiger partial charge in [0.15, 0.2) is 0 Å². The van der Waals surface area contributed by atoms with Gasteiger partial charge >= 0.3 is 0 Å². The zero-order chi connectivity index (χ0) is 13.7. The molecule has 2 rings (SSSR count). The maximum Gasteiger partial charge on any atom is 0.238 e. The van der Waals surface area contributed by atoms with E-state index in [-0.39, 0.29) is 25.1 Å². The molecule has 1 fully saturated rings. The normalized spacial score (nSPS) is 19.1. The molecule has 1 aliphatic rings. The van der Waals surface area contributed by atoms with Crippen LogP contribution in [-0.4, -0.2) is 41.7 Å². The monoisotopic (exact) mass is 259 g/mol. The third-order valence-corrected chi connectivity index (χ3v) is 3.33. The molecule has 1 saturated heterocycles. The van der Waals surface area contributed by atoms with Crippen molar-refractivity contribution in [1.82, 2.24) is 4.90 Å². The van der Waals surface area contributed by atoms with Crippen LogP contribution in [0.25, 0.3) is 0 Å². The Hall–Kier alpha value is -1.90. The number of nitrogens with one attached hydrogen (secondary N) is 1. The first-order chi connectivity index (χ1) is 9.22. The lowest BCUT2D eigenvalue weighted by Crippen LogP contribution is -2.38. The van der Waals surface area contributed by atoms with E-state index in [0.29, 0.717) is 11.3 Å². The Morgan fingerprint density at radius 2 is 2.42 bits per heavy atom. The zero-order valence-corrected chi connectivity index (χ0v) is 10.7. The smallest absolute Gasteiger partial charge is 0.238 e. The van der Waals surface area contributed by atoms with E-state index in [2.05, 4.69) is 5.32 Å². The molecule has 100 valence electrons. The summed E-state index contributed by atoms with van der Waals surface area (Å²) in [6.07, 6.45) is 1.95. The third-order valence-electron chi connectivity index (χ3n) is 3.33. The molecule has 0 spiro atoms. The molecule has 0 aliphatic carbocycles. The number of benzene rings is 1. The number of hydrogen-bond acceptors (Lipinski definition) is 4. The zero-order valence-electron chi connectivity index (χ0n) is 10.7. The van der Waals surface area contributed by atoms with Crippen LogP contribution in [0.3, 0.4) is 0 Å². The highest BCUT2D eigenvalue weighted by Crippen LogP contribution is 2.16. The molecule has 19 heavy (non-hydrogen) atoms. The molecule has 0 aromatic heterocycles. The summed E-state index contributed by atoms with van der Waals surface area (Å²) in [5.41, 5.74) is 1.15. The number of aliphatic hydroxyl groups excluding tert-OH is 1. The Morgan fingerprint density at radius 3 is 3.16 bits per heavy atom. The van der Waals surface area contributed by atoms with Crippen LogP contribution in [0.15, 0.2) is 24.3 Å². The molecule has 1 aromatic carbocycles. The summed E-state index contributed by atoms with van der Waals surface area (Å²) in [7, 11) is 0. The van der Waals surface area contributed by atoms with Crippen molar-refractivity contribution in [3.8, 4) is 6.07 Å². The highest BCUT2D eigenvalue weighted by molar-refractivity contribution is 5.92. The van der Waals surface area contributed by atoms with E-state index in [4.69, 9.17) is 5.26 Å². The quantitative estimate of drug-likeness (QED) is 0.844. The van der Waals surface area contributed by atoms with Crippen LogP contribution in [-0.2, 0) is 4.79 Å². The third kappa shape index (κ3) is 3.53. The van der Waals surface area contributed by atoms with Gasteiger partial charge in [0.1, 0.15) is 0 Å². The van der Waals surface area contributed by atoms with E-state index in [0.717, 1.165) is 19.4 Å². The van der Waals surface area contributed by atoms with E-state index < -0.39 is 0 Å². The van der Waals surface area contributed by atoms with Crippen LogP contribution in [0, 0.1) is 11.3 Å². The maximum atomic E-state index is 11.9. The second-order valence-corrected chi connectivity index (χ2v) is 4.69. The Morgan fingerprint density at radius 1 is 1.58 bits per heavy atom. The molecule has 2 N–H and O–H groups in total. The van der Waals surface area contributed by atoms with E-state index in [1.807, 2.05) is 11.0 Å². The van der Waals surface area contributed by atoms with Gasteiger partial charge in [-0.2, -0.15) is 5.26 Å². The summed E-state index contributed by atoms with van der Waals surface area (Å²) in [5, 5.41) is 20.8. The molecule has 1 heterocycles. The molecular weight excluding hydrogens is 242 g/mol. The fourth-order valence-corrected chi connectivity index (χ4v) is 2.36. The molecule has 0 unspecified atom stereocenters. The Labute approximate surface area is 112 Å². The fourth-order valence-electron chi connectivity index (χ4n) is 2.36. The van der Waals surface area contributed by atoms with Gasteiger partial charge in [0, 0.05) is 11.7 Å². The van der Waals surface area contributed by atoms with E-state index >= 15 is 0 Å². The second-order valence-electron chi connectivity index (χ2n) is 4.69. The van der Waals surface area contributed by atoms with E-state index in [1.54, 1.807) is 24.3 Å². The van der Waals surface area contributed by atoms with E-state index in [1.165, 1.54) is 0 Å². The first-order valence-corrected chi connectivity index (χ1v) is 6.38. The standard InChI is InChI=1S/C14H17N3O2/c15-8-11-3-1-4-12(7-11)16-14(19)9-17-6-2-5-13(17)10-18/h1,3-4,7,13,18H,2,5-6,9-10H2,(H,16,19)/t13-/m0/s1. The number of carbonyl (C=O) groups excluding carboxylic acids is 1. The highest BCUT2D eigenvalue weighted by atomic mass is 16.3. The summed E-state index contributed by atoms with van der Waals surface area (Å²) in [5.74, 6) is -0.115. The molecule has 0 radical (unpaired) electrons. The van der Waals surface area contributed by atoms with Crippen molar-refractivity contribution in [2.45, 2.75) is 18.9 Å². The van der Waals surface area contributed by atoms with Crippen molar-refractivity contribution in [3.63, 3.8) is 0 Å². The number of carbonyl (C=O) groups is 1. The summed E-state index contributed by atoms with van der Waals surface area (Å²) in [6.45, 7) is 1.22. The Balaban J connectivity index is 1.92. The van der Waals surface area contributed by atoms with Gasteiger partial charge < -0.3 is 10.4 Å². The van der Waals surface area contributed by atoms with Crippen LogP contribution < -0.4 is 5.32 Å². The number of nitrogens with zero attached hydrogens (tertiary/aromatic N) is 2. The molecular formula is C14H17N3O2. The van der Waals surface area contributed by atoms with Crippen LogP contribution in [0.2, 0.25) is 0 Å². The lowest BCUT2D eigenvalue weighted by molar-refractivity contribution is -0.117. The van der Waals surface area contributed by atoms with Crippen LogP contribution in [0.4, 0.5) is 5.69 Å². The summed E-state index contributed by atoms with van der Waals surface area (Å²) >= 11 is 0. The average molecular weight is 259 g/mol. The van der Waals surface area contributed by atoms with Gasteiger partial charge in [-0.25, -0.2) is 0 Å². The Bertz CT molecular complexity index is 496. The first-order valence-electron chi connectivity index (χ1n) is 6.38. The van der Waals surface area contributed by atoms with Gasteiger partial charge in [-0.15, -0.1) is 0 Å². The number of hydrogen-bond donors (Lipinski definition) is 2. The minimum Gasteiger partial charge on any atom is -0.395 e. The highest BCUT2D eigenvalue weighted by Gasteiger charge is 2.25. The number of anilines is 1. The number of amides is 1. The van der Waals surface area contributed by atoms with Crippen LogP contribution in [0.5, 0.6) is 0 Å². The molecule has 1 amide bonds. The van der Waals surface area contributed by atoms with Gasteiger partial charge in [0.05, 0.1) is 24.8 Å². The average Bonchev–Trinajstić information content (AvgIpc) is 2.86. The predicted molar refractivity (Wildman–Crippen MR) is 71.5 cm³/mol. The van der Waals surface area contributed by atoms with Crippen LogP contribution in [0.1, 0.15) is 18.4 Å². The lowest BCUT2D eigenvalue weighted by atomic mass is 10.2. The van der Waals surface area contributed by atoms with E-state index in [9.17, 15) is 9.90 Å². The van der Waals surface area contributed by atoms with Gasteiger partial charge in [-0.3, -0.25) is 9.69 Å². The van der Waals surface area contributed by atoms with Crippen molar-refractivity contribution < 1.29 is 9.90 Å². The summed E-state index contributed by atoms with van der Waals surface area (Å²) in [4.78, 5) is 13.9. The minimum atomic E-state index is -0.115. The largest absolute Gasteiger partial charge is 0.395 e. The van der Waals surface area contributed by atoms with Crippen LogP contribution >= 0.6 is 0 Å². The molecule has 1 aliphatic heterocycles. The SMILES string of the molecule is N#Cc1cccc(NC(=O)CN2CCC[C@H]2CO)c1. The number of aliphatic hydroxyl groups is 1. The molecule has 5 heteroatoms. The number of rotatable bonds is 4. The minimum absolute atomic E-state index is 0.0937. The summed E-state index contributed by atoms with van der Waals surface area (Å²) < 4.78 is 0.